The van der Waals surface area contributed by atoms with Crippen molar-refractivity contribution in [3.63, 3.8) is 0 Å². The summed E-state index contributed by atoms with van der Waals surface area (Å²) in [5.74, 6) is 0.927. The van der Waals surface area contributed by atoms with E-state index in [9.17, 15) is 4.79 Å². The summed E-state index contributed by atoms with van der Waals surface area (Å²) in [5, 5.41) is 12.0. The fourth-order valence-corrected chi connectivity index (χ4v) is 3.50. The highest BCUT2D eigenvalue weighted by atomic mass is 32.1. The van der Waals surface area contributed by atoms with Crippen molar-refractivity contribution < 1.29 is 10.0 Å². The highest BCUT2D eigenvalue weighted by Crippen LogP contribution is 2.29. The second-order valence-electron chi connectivity index (χ2n) is 5.87. The van der Waals surface area contributed by atoms with Crippen molar-refractivity contribution >= 4 is 28.7 Å². The van der Waals surface area contributed by atoms with Crippen molar-refractivity contribution in [2.45, 2.75) is 27.2 Å². The van der Waals surface area contributed by atoms with Crippen molar-refractivity contribution in [3.05, 3.63) is 58.1 Å². The molecule has 0 aliphatic carbocycles. The molecule has 0 saturated heterocycles. The van der Waals surface area contributed by atoms with Gasteiger partial charge >= 0.3 is 0 Å². The van der Waals surface area contributed by atoms with Crippen LogP contribution < -0.4 is 10.8 Å². The van der Waals surface area contributed by atoms with Gasteiger partial charge in [-0.15, -0.1) is 11.3 Å². The largest absolute Gasteiger partial charge is 0.340 e. The quantitative estimate of drug-likeness (QED) is 0.463. The Hall–Kier alpha value is -2.77. The monoisotopic (exact) mass is 368 g/mol. The molecule has 0 aliphatic heterocycles. The lowest BCUT2D eigenvalue weighted by Crippen LogP contribution is -2.18. The van der Waals surface area contributed by atoms with Crippen LogP contribution in [0.4, 0.5) is 11.5 Å². The van der Waals surface area contributed by atoms with Gasteiger partial charge in [-0.25, -0.2) is 15.4 Å². The first-order chi connectivity index (χ1) is 12.5. The van der Waals surface area contributed by atoms with Crippen LogP contribution in [0.15, 0.2) is 36.4 Å². The lowest BCUT2D eigenvalue weighted by molar-refractivity contribution is 0.0706. The van der Waals surface area contributed by atoms with Gasteiger partial charge in [-0.2, -0.15) is 0 Å². The summed E-state index contributed by atoms with van der Waals surface area (Å²) >= 11 is 1.66. The molecule has 0 fully saturated rings. The maximum atomic E-state index is 11.4. The van der Waals surface area contributed by atoms with Crippen LogP contribution in [0.2, 0.25) is 0 Å². The molecule has 0 saturated carbocycles. The maximum absolute atomic E-state index is 11.4. The number of hydrogen-bond acceptors (Lipinski definition) is 6. The van der Waals surface area contributed by atoms with Crippen LogP contribution in [0, 0.1) is 13.8 Å². The van der Waals surface area contributed by atoms with Gasteiger partial charge in [-0.05, 0) is 56.7 Å². The van der Waals surface area contributed by atoms with E-state index < -0.39 is 5.91 Å². The van der Waals surface area contributed by atoms with Gasteiger partial charge < -0.3 is 5.32 Å². The Morgan fingerprint density at radius 2 is 1.85 bits per heavy atom. The third-order valence-electron chi connectivity index (χ3n) is 4.04. The molecule has 1 aromatic carbocycles. The van der Waals surface area contributed by atoms with E-state index in [0.29, 0.717) is 11.4 Å². The molecule has 0 aliphatic rings. The third kappa shape index (κ3) is 3.74. The normalized spacial score (nSPS) is 10.6. The molecule has 26 heavy (non-hydrogen) atoms. The van der Waals surface area contributed by atoms with Gasteiger partial charge in [-0.1, -0.05) is 6.92 Å². The third-order valence-corrected chi connectivity index (χ3v) is 5.04. The highest BCUT2D eigenvalue weighted by molar-refractivity contribution is 7.15. The zero-order chi connectivity index (χ0) is 18.7. The first kappa shape index (κ1) is 18.0. The van der Waals surface area contributed by atoms with Crippen LogP contribution in [0.25, 0.3) is 10.7 Å². The Labute approximate surface area is 155 Å². The van der Waals surface area contributed by atoms with E-state index in [1.807, 2.05) is 13.0 Å². The summed E-state index contributed by atoms with van der Waals surface area (Å²) in [7, 11) is 0. The van der Waals surface area contributed by atoms with E-state index in [2.05, 4.69) is 30.2 Å². The molecule has 0 spiro atoms. The zero-order valence-electron chi connectivity index (χ0n) is 14.8. The van der Waals surface area contributed by atoms with Crippen LogP contribution >= 0.6 is 11.3 Å². The van der Waals surface area contributed by atoms with Gasteiger partial charge in [0.2, 0.25) is 0 Å². The molecule has 2 aromatic heterocycles. The number of carbonyl (C=O) groups excluding carboxylic acids is 1. The second kappa shape index (κ2) is 7.63. The Kier molecular flexibility index (Phi) is 5.29. The predicted molar refractivity (Wildman–Crippen MR) is 103 cm³/mol. The number of carbonyl (C=O) groups is 1. The molecule has 2 heterocycles. The predicted octanol–water partition coefficient (Wildman–Crippen LogP) is 4.25. The Morgan fingerprint density at radius 3 is 2.42 bits per heavy atom. The number of benzene rings is 1. The molecule has 3 rings (SSSR count). The SMILES string of the molecule is CCc1c(C)nc(-c2ccc(C)s2)nc1Nc1ccc(C(=O)NO)cc1. The summed E-state index contributed by atoms with van der Waals surface area (Å²) in [4.78, 5) is 23.1. The summed E-state index contributed by atoms with van der Waals surface area (Å²) in [6.07, 6.45) is 0.808. The molecule has 1 amide bonds. The molecule has 6 nitrogen and oxygen atoms in total. The van der Waals surface area contributed by atoms with Crippen LogP contribution in [0.3, 0.4) is 0 Å². The van der Waals surface area contributed by atoms with Gasteiger partial charge in [0.1, 0.15) is 5.82 Å². The number of nitrogens with zero attached hydrogens (tertiary/aromatic N) is 2. The van der Waals surface area contributed by atoms with Crippen molar-refractivity contribution in [2.24, 2.45) is 0 Å². The Bertz CT molecular complexity index is 935. The summed E-state index contributed by atoms with van der Waals surface area (Å²) < 4.78 is 0. The van der Waals surface area contributed by atoms with E-state index in [-0.39, 0.29) is 0 Å². The average molecular weight is 368 g/mol. The van der Waals surface area contributed by atoms with Gasteiger partial charge in [0.25, 0.3) is 5.91 Å². The molecule has 0 radical (unpaired) electrons. The number of amides is 1. The minimum atomic E-state index is -0.543. The van der Waals surface area contributed by atoms with Gasteiger partial charge in [-0.3, -0.25) is 10.0 Å². The summed E-state index contributed by atoms with van der Waals surface area (Å²) in [5.41, 5.74) is 4.81. The minimum absolute atomic E-state index is 0.377. The smallest absolute Gasteiger partial charge is 0.274 e. The zero-order valence-corrected chi connectivity index (χ0v) is 15.6. The lowest BCUT2D eigenvalue weighted by atomic mass is 10.1. The fourth-order valence-electron chi connectivity index (χ4n) is 2.69. The number of hydrogen-bond donors (Lipinski definition) is 3. The van der Waals surface area contributed by atoms with Gasteiger partial charge in [0, 0.05) is 27.4 Å². The van der Waals surface area contributed by atoms with E-state index in [1.54, 1.807) is 41.1 Å². The molecular formula is C19H20N4O2S. The maximum Gasteiger partial charge on any atom is 0.274 e. The topological polar surface area (TPSA) is 87.1 Å². The number of aryl methyl sites for hydroxylation is 2. The molecule has 0 atom stereocenters. The average Bonchev–Trinajstić information content (AvgIpc) is 3.08. The van der Waals surface area contributed by atoms with E-state index in [0.717, 1.165) is 34.1 Å². The fraction of sp³-hybridized carbons (Fsp3) is 0.211. The molecule has 134 valence electrons. The van der Waals surface area contributed by atoms with E-state index in [4.69, 9.17) is 10.2 Å². The van der Waals surface area contributed by atoms with Gasteiger partial charge in [0.05, 0.1) is 4.88 Å². The minimum Gasteiger partial charge on any atom is -0.340 e. The standard InChI is InChI=1S/C19H20N4O2S/c1-4-15-12(3)20-18(16-10-5-11(2)26-16)22-17(15)21-14-8-6-13(7-9-14)19(24)23-25/h5-10,25H,4H2,1-3H3,(H,23,24)(H,20,21,22). The van der Waals surface area contributed by atoms with Crippen LogP contribution in [0.1, 0.15) is 33.4 Å². The molecule has 0 bridgehead atoms. The van der Waals surface area contributed by atoms with Crippen LogP contribution in [0.5, 0.6) is 0 Å². The number of rotatable bonds is 5. The molecular weight excluding hydrogens is 348 g/mol. The molecule has 3 aromatic rings. The van der Waals surface area contributed by atoms with Gasteiger partial charge in [0.15, 0.2) is 5.82 Å². The van der Waals surface area contributed by atoms with Crippen molar-refractivity contribution in [1.29, 1.82) is 0 Å². The van der Waals surface area contributed by atoms with E-state index in [1.165, 1.54) is 4.88 Å². The summed E-state index contributed by atoms with van der Waals surface area (Å²) in [6.45, 7) is 6.12. The number of nitrogens with one attached hydrogen (secondary N) is 2. The van der Waals surface area contributed by atoms with Crippen molar-refractivity contribution in [2.75, 3.05) is 5.32 Å². The lowest BCUT2D eigenvalue weighted by Gasteiger charge is -2.14. The number of anilines is 2. The molecule has 0 unspecified atom stereocenters. The highest BCUT2D eigenvalue weighted by Gasteiger charge is 2.13. The van der Waals surface area contributed by atoms with Crippen molar-refractivity contribution in [1.82, 2.24) is 15.4 Å². The molecule has 3 N–H and O–H groups in total. The number of thiophene rings is 1. The van der Waals surface area contributed by atoms with Crippen molar-refractivity contribution in [3.8, 4) is 10.7 Å². The number of hydroxylamine groups is 1. The Morgan fingerprint density at radius 1 is 1.12 bits per heavy atom. The molecule has 7 heteroatoms. The second-order valence-corrected chi connectivity index (χ2v) is 7.15. The first-order valence-electron chi connectivity index (χ1n) is 8.27. The van der Waals surface area contributed by atoms with E-state index >= 15 is 0 Å². The first-order valence-corrected chi connectivity index (χ1v) is 9.09. The Balaban J connectivity index is 1.95. The van der Waals surface area contributed by atoms with Crippen LogP contribution in [-0.4, -0.2) is 21.1 Å². The number of aromatic nitrogens is 2. The summed E-state index contributed by atoms with van der Waals surface area (Å²) in [6, 6.07) is 10.9. The van der Waals surface area contributed by atoms with Crippen LogP contribution in [-0.2, 0) is 6.42 Å².